The molecular formula is C21H28N4O2. The molecule has 0 fully saturated rings. The summed E-state index contributed by atoms with van der Waals surface area (Å²) < 4.78 is 5.44. The van der Waals surface area contributed by atoms with E-state index in [4.69, 9.17) is 4.74 Å². The number of nitrogens with one attached hydrogen (secondary N) is 3. The second kappa shape index (κ2) is 10.2. The van der Waals surface area contributed by atoms with Crippen molar-refractivity contribution in [1.82, 2.24) is 16.0 Å². The smallest absolute Gasteiger partial charge is 0.251 e. The molecule has 0 atom stereocenters. The molecule has 0 aliphatic rings. The Morgan fingerprint density at radius 3 is 2.37 bits per heavy atom. The van der Waals surface area contributed by atoms with E-state index in [2.05, 4.69) is 33.1 Å². The molecule has 2 rings (SSSR count). The maximum atomic E-state index is 11.8. The molecule has 0 bridgehead atoms. The fourth-order valence-corrected chi connectivity index (χ4v) is 2.62. The molecule has 6 nitrogen and oxygen atoms in total. The van der Waals surface area contributed by atoms with Crippen LogP contribution in [0, 0.1) is 6.92 Å². The normalized spacial score (nSPS) is 11.0. The van der Waals surface area contributed by atoms with Gasteiger partial charge in [-0.05, 0) is 43.2 Å². The van der Waals surface area contributed by atoms with Crippen LogP contribution < -0.4 is 20.7 Å². The lowest BCUT2D eigenvalue weighted by molar-refractivity contribution is 0.0956. The number of hydrogen-bond acceptors (Lipinski definition) is 3. The molecule has 0 heterocycles. The van der Waals surface area contributed by atoms with Gasteiger partial charge in [0.1, 0.15) is 5.75 Å². The highest BCUT2D eigenvalue weighted by atomic mass is 16.5. The summed E-state index contributed by atoms with van der Waals surface area (Å²) in [6, 6.07) is 13.7. The van der Waals surface area contributed by atoms with E-state index in [9.17, 15) is 4.79 Å². The number of aliphatic imine (C=N–C) groups is 1. The summed E-state index contributed by atoms with van der Waals surface area (Å²) in [5.74, 6) is 1.51. The highest BCUT2D eigenvalue weighted by Gasteiger charge is 2.06. The van der Waals surface area contributed by atoms with Crippen LogP contribution in [0.2, 0.25) is 0 Å². The Morgan fingerprint density at radius 2 is 1.74 bits per heavy atom. The van der Waals surface area contributed by atoms with Crippen molar-refractivity contribution in [1.29, 1.82) is 0 Å². The zero-order chi connectivity index (χ0) is 19.6. The maximum absolute atomic E-state index is 11.8. The average molecular weight is 368 g/mol. The highest BCUT2D eigenvalue weighted by Crippen LogP contribution is 2.19. The standard InChI is InChI=1S/C21H28N4O2/c1-5-23-20(26)17-10-7-16(8-11-17)13-24-21(22-3)25-14-18-9-6-15(2)12-19(18)27-4/h6-12H,5,13-14H2,1-4H3,(H,23,26)(H2,22,24,25). The first-order valence-electron chi connectivity index (χ1n) is 9.02. The van der Waals surface area contributed by atoms with Gasteiger partial charge in [-0.25, -0.2) is 0 Å². The van der Waals surface area contributed by atoms with E-state index >= 15 is 0 Å². The summed E-state index contributed by atoms with van der Waals surface area (Å²) in [5.41, 5.74) is 3.96. The van der Waals surface area contributed by atoms with Crippen LogP contribution in [-0.2, 0) is 13.1 Å². The molecule has 3 N–H and O–H groups in total. The minimum atomic E-state index is -0.0541. The Balaban J connectivity index is 1.89. The molecule has 0 aliphatic heterocycles. The van der Waals surface area contributed by atoms with E-state index in [1.165, 1.54) is 0 Å². The van der Waals surface area contributed by atoms with Crippen LogP contribution in [0.15, 0.2) is 47.5 Å². The Morgan fingerprint density at radius 1 is 1.04 bits per heavy atom. The fourth-order valence-electron chi connectivity index (χ4n) is 2.62. The molecule has 144 valence electrons. The molecule has 0 spiro atoms. The lowest BCUT2D eigenvalue weighted by atomic mass is 10.1. The molecule has 0 aliphatic carbocycles. The highest BCUT2D eigenvalue weighted by molar-refractivity contribution is 5.94. The topological polar surface area (TPSA) is 74.8 Å². The number of methoxy groups -OCH3 is 1. The Hall–Kier alpha value is -3.02. The summed E-state index contributed by atoms with van der Waals surface area (Å²) in [6.07, 6.45) is 0. The maximum Gasteiger partial charge on any atom is 0.251 e. The minimum Gasteiger partial charge on any atom is -0.496 e. The molecular weight excluding hydrogens is 340 g/mol. The van der Waals surface area contributed by atoms with Crippen LogP contribution in [0.25, 0.3) is 0 Å². The first-order valence-corrected chi connectivity index (χ1v) is 9.02. The van der Waals surface area contributed by atoms with Gasteiger partial charge in [0, 0.05) is 37.8 Å². The third-order valence-electron chi connectivity index (χ3n) is 4.13. The van der Waals surface area contributed by atoms with Gasteiger partial charge >= 0.3 is 0 Å². The van der Waals surface area contributed by atoms with Crippen LogP contribution in [0.5, 0.6) is 5.75 Å². The van der Waals surface area contributed by atoms with Crippen LogP contribution in [0.4, 0.5) is 0 Å². The molecule has 1 amide bonds. The monoisotopic (exact) mass is 368 g/mol. The summed E-state index contributed by atoms with van der Waals surface area (Å²) in [4.78, 5) is 16.0. The lowest BCUT2D eigenvalue weighted by Gasteiger charge is -2.14. The number of benzene rings is 2. The molecule has 0 saturated carbocycles. The lowest BCUT2D eigenvalue weighted by Crippen LogP contribution is -2.36. The number of aryl methyl sites for hydroxylation is 1. The SMILES string of the molecule is CCNC(=O)c1ccc(CNC(=NC)NCc2ccc(C)cc2OC)cc1. The van der Waals surface area contributed by atoms with Crippen LogP contribution >= 0.6 is 0 Å². The van der Waals surface area contributed by atoms with Crippen LogP contribution in [0.3, 0.4) is 0 Å². The second-order valence-electron chi connectivity index (χ2n) is 6.15. The van der Waals surface area contributed by atoms with Gasteiger partial charge in [0.15, 0.2) is 5.96 Å². The van der Waals surface area contributed by atoms with Crippen molar-refractivity contribution in [2.45, 2.75) is 26.9 Å². The molecule has 0 saturated heterocycles. The number of carbonyl (C=O) groups is 1. The molecule has 2 aromatic rings. The van der Waals surface area contributed by atoms with Gasteiger partial charge in [-0.1, -0.05) is 24.3 Å². The fraction of sp³-hybridized carbons (Fsp3) is 0.333. The number of nitrogens with zero attached hydrogens (tertiary/aromatic N) is 1. The van der Waals surface area contributed by atoms with E-state index in [0.717, 1.165) is 22.4 Å². The Kier molecular flexibility index (Phi) is 7.67. The van der Waals surface area contributed by atoms with Gasteiger partial charge in [0.25, 0.3) is 5.91 Å². The summed E-state index contributed by atoms with van der Waals surface area (Å²) in [7, 11) is 3.41. The zero-order valence-corrected chi connectivity index (χ0v) is 16.4. The van der Waals surface area contributed by atoms with Crippen molar-refractivity contribution in [2.24, 2.45) is 4.99 Å². The van der Waals surface area contributed by atoms with Crippen LogP contribution in [0.1, 0.15) is 34.0 Å². The summed E-state index contributed by atoms with van der Waals surface area (Å²) in [6.45, 7) is 5.79. The Bertz CT molecular complexity index is 785. The number of ether oxygens (including phenoxy) is 1. The third kappa shape index (κ3) is 6.02. The summed E-state index contributed by atoms with van der Waals surface area (Å²) in [5, 5.41) is 9.36. The molecule has 27 heavy (non-hydrogen) atoms. The molecule has 0 radical (unpaired) electrons. The number of guanidine groups is 1. The minimum absolute atomic E-state index is 0.0541. The summed E-state index contributed by atoms with van der Waals surface area (Å²) >= 11 is 0. The van der Waals surface area contributed by atoms with E-state index in [1.807, 2.05) is 44.2 Å². The van der Waals surface area contributed by atoms with E-state index in [0.29, 0.717) is 31.2 Å². The molecule has 2 aromatic carbocycles. The average Bonchev–Trinajstić information content (AvgIpc) is 2.69. The number of amides is 1. The van der Waals surface area contributed by atoms with Gasteiger partial charge in [-0.2, -0.15) is 0 Å². The van der Waals surface area contributed by atoms with Gasteiger partial charge in [0.2, 0.25) is 0 Å². The Labute approximate surface area is 161 Å². The number of hydrogen-bond donors (Lipinski definition) is 3. The predicted molar refractivity (Wildman–Crippen MR) is 109 cm³/mol. The van der Waals surface area contributed by atoms with Gasteiger partial charge in [-0.3, -0.25) is 9.79 Å². The molecule has 0 unspecified atom stereocenters. The number of rotatable bonds is 7. The largest absolute Gasteiger partial charge is 0.496 e. The molecule has 6 heteroatoms. The van der Waals surface area contributed by atoms with E-state index in [-0.39, 0.29) is 5.91 Å². The van der Waals surface area contributed by atoms with Crippen molar-refractivity contribution in [3.63, 3.8) is 0 Å². The first-order chi connectivity index (χ1) is 13.1. The second-order valence-corrected chi connectivity index (χ2v) is 6.15. The van der Waals surface area contributed by atoms with Crippen molar-refractivity contribution >= 4 is 11.9 Å². The van der Waals surface area contributed by atoms with Crippen molar-refractivity contribution in [3.05, 3.63) is 64.7 Å². The first kappa shape index (κ1) is 20.3. The predicted octanol–water partition coefficient (Wildman–Crippen LogP) is 2.62. The van der Waals surface area contributed by atoms with Gasteiger partial charge < -0.3 is 20.7 Å². The molecule has 0 aromatic heterocycles. The zero-order valence-electron chi connectivity index (χ0n) is 16.4. The van der Waals surface area contributed by atoms with E-state index in [1.54, 1.807) is 14.2 Å². The van der Waals surface area contributed by atoms with Crippen molar-refractivity contribution in [3.8, 4) is 5.75 Å². The van der Waals surface area contributed by atoms with E-state index < -0.39 is 0 Å². The quantitative estimate of drug-likeness (QED) is 0.519. The van der Waals surface area contributed by atoms with Crippen molar-refractivity contribution < 1.29 is 9.53 Å². The van der Waals surface area contributed by atoms with Gasteiger partial charge in [0.05, 0.1) is 7.11 Å². The van der Waals surface area contributed by atoms with Crippen LogP contribution in [-0.4, -0.2) is 32.6 Å². The van der Waals surface area contributed by atoms with Crippen molar-refractivity contribution in [2.75, 3.05) is 20.7 Å². The third-order valence-corrected chi connectivity index (χ3v) is 4.13. The number of carbonyl (C=O) groups excluding carboxylic acids is 1. The van der Waals surface area contributed by atoms with Gasteiger partial charge in [-0.15, -0.1) is 0 Å².